The molecule has 1 aliphatic rings. The highest BCUT2D eigenvalue weighted by atomic mass is 19.1. The van der Waals surface area contributed by atoms with E-state index >= 15 is 0 Å². The third-order valence-electron chi connectivity index (χ3n) is 4.76. The number of para-hydroxylation sites is 1. The number of carbonyl (C=O) groups excluding carboxylic acids is 3. The molecule has 152 valence electrons. The van der Waals surface area contributed by atoms with E-state index in [9.17, 15) is 18.8 Å². The van der Waals surface area contributed by atoms with Crippen molar-refractivity contribution in [1.82, 2.24) is 5.32 Å². The minimum absolute atomic E-state index is 0.0616. The highest BCUT2D eigenvalue weighted by molar-refractivity contribution is 6.04. The first-order valence-electron chi connectivity index (χ1n) is 9.61. The van der Waals surface area contributed by atoms with Gasteiger partial charge in [-0.1, -0.05) is 37.1 Å². The van der Waals surface area contributed by atoms with E-state index in [2.05, 4.69) is 10.6 Å². The molecule has 2 aromatic carbocycles. The van der Waals surface area contributed by atoms with Crippen molar-refractivity contribution in [3.8, 4) is 0 Å². The Morgan fingerprint density at radius 1 is 1.00 bits per heavy atom. The monoisotopic (exact) mass is 398 g/mol. The number of rotatable bonds is 7. The summed E-state index contributed by atoms with van der Waals surface area (Å²) in [5, 5.41) is 5.60. The van der Waals surface area contributed by atoms with Crippen LogP contribution in [0.1, 0.15) is 41.6 Å². The van der Waals surface area contributed by atoms with Crippen LogP contribution in [-0.4, -0.2) is 30.4 Å². The molecule has 0 heterocycles. The van der Waals surface area contributed by atoms with Crippen LogP contribution < -0.4 is 10.6 Å². The van der Waals surface area contributed by atoms with Crippen LogP contribution in [0, 0.1) is 5.82 Å². The van der Waals surface area contributed by atoms with Gasteiger partial charge in [0.2, 0.25) is 0 Å². The molecule has 1 saturated carbocycles. The zero-order valence-corrected chi connectivity index (χ0v) is 15.9. The molecule has 3 rings (SSSR count). The predicted molar refractivity (Wildman–Crippen MR) is 106 cm³/mol. The van der Waals surface area contributed by atoms with Gasteiger partial charge in [-0.15, -0.1) is 0 Å². The number of ether oxygens (including phenoxy) is 1. The lowest BCUT2D eigenvalue weighted by Crippen LogP contribution is -2.33. The normalized spacial score (nSPS) is 13.7. The Bertz CT molecular complexity index is 877. The van der Waals surface area contributed by atoms with Crippen LogP contribution in [0.5, 0.6) is 0 Å². The van der Waals surface area contributed by atoms with E-state index in [-0.39, 0.29) is 18.4 Å². The molecule has 0 unspecified atom stereocenters. The van der Waals surface area contributed by atoms with Gasteiger partial charge >= 0.3 is 5.97 Å². The molecule has 2 N–H and O–H groups in total. The quantitative estimate of drug-likeness (QED) is 0.702. The summed E-state index contributed by atoms with van der Waals surface area (Å²) in [6.07, 6.45) is 4.07. The fourth-order valence-electron chi connectivity index (χ4n) is 3.28. The summed E-state index contributed by atoms with van der Waals surface area (Å²) < 4.78 is 17.9. The third kappa shape index (κ3) is 6.14. The van der Waals surface area contributed by atoms with Crippen LogP contribution >= 0.6 is 0 Å². The number of anilines is 1. The van der Waals surface area contributed by atoms with E-state index in [1.807, 2.05) is 0 Å². The number of halogens is 1. The number of nitrogens with one attached hydrogen (secondary N) is 2. The first-order chi connectivity index (χ1) is 14.0. The van der Waals surface area contributed by atoms with Gasteiger partial charge in [0.25, 0.3) is 11.8 Å². The fourth-order valence-corrected chi connectivity index (χ4v) is 3.28. The summed E-state index contributed by atoms with van der Waals surface area (Å²) in [6, 6.07) is 12.3. The highest BCUT2D eigenvalue weighted by Gasteiger charge is 2.20. The smallest absolute Gasteiger partial charge is 0.310 e. The van der Waals surface area contributed by atoms with Crippen molar-refractivity contribution in [3.63, 3.8) is 0 Å². The molecule has 29 heavy (non-hydrogen) atoms. The molecule has 0 spiro atoms. The lowest BCUT2D eigenvalue weighted by Gasteiger charge is -2.15. The molecular formula is C22H23FN2O4. The van der Waals surface area contributed by atoms with Crippen LogP contribution in [0.2, 0.25) is 0 Å². The van der Waals surface area contributed by atoms with Crippen LogP contribution in [0.25, 0.3) is 0 Å². The molecule has 7 heteroatoms. The minimum Gasteiger partial charge on any atom is -0.455 e. The van der Waals surface area contributed by atoms with Gasteiger partial charge in [-0.25, -0.2) is 4.39 Å². The molecular weight excluding hydrogens is 375 g/mol. The molecule has 2 aromatic rings. The summed E-state index contributed by atoms with van der Waals surface area (Å²) in [4.78, 5) is 36.5. The Labute approximate surface area is 168 Å². The summed E-state index contributed by atoms with van der Waals surface area (Å²) in [5.41, 5.74) is 1.32. The lowest BCUT2D eigenvalue weighted by molar-refractivity contribution is -0.146. The molecule has 2 amide bonds. The summed E-state index contributed by atoms with van der Waals surface area (Å²) in [7, 11) is 0. The number of hydrogen-bond donors (Lipinski definition) is 2. The average Bonchev–Trinajstić information content (AvgIpc) is 3.21. The Balaban J connectivity index is 1.51. The van der Waals surface area contributed by atoms with E-state index < -0.39 is 24.3 Å². The molecule has 0 aliphatic heterocycles. The van der Waals surface area contributed by atoms with Crippen LogP contribution in [0.15, 0.2) is 48.5 Å². The minimum atomic E-state index is -0.598. The number of hydrogen-bond acceptors (Lipinski definition) is 4. The number of amides is 2. The van der Waals surface area contributed by atoms with Crippen molar-refractivity contribution >= 4 is 23.5 Å². The van der Waals surface area contributed by atoms with Crippen molar-refractivity contribution in [2.45, 2.75) is 38.1 Å². The van der Waals surface area contributed by atoms with E-state index in [4.69, 9.17) is 4.74 Å². The van der Waals surface area contributed by atoms with Crippen LogP contribution in [0.3, 0.4) is 0 Å². The highest BCUT2D eigenvalue weighted by Crippen LogP contribution is 2.20. The van der Waals surface area contributed by atoms with Gasteiger partial charge in [0.05, 0.1) is 17.7 Å². The number of benzene rings is 2. The zero-order valence-electron chi connectivity index (χ0n) is 15.9. The second-order valence-electron chi connectivity index (χ2n) is 7.01. The van der Waals surface area contributed by atoms with E-state index in [1.54, 1.807) is 24.3 Å². The SMILES string of the molecule is O=C(COC(=O)Cc1ccc(F)cc1)Nc1ccccc1C(=O)NC1CCCC1. The van der Waals surface area contributed by atoms with Crippen molar-refractivity contribution in [1.29, 1.82) is 0 Å². The fraction of sp³-hybridized carbons (Fsp3) is 0.318. The summed E-state index contributed by atoms with van der Waals surface area (Å²) in [5.74, 6) is -1.77. The largest absolute Gasteiger partial charge is 0.455 e. The van der Waals surface area contributed by atoms with Crippen LogP contribution in [-0.2, 0) is 20.7 Å². The Kier molecular flexibility index (Phi) is 6.94. The van der Waals surface area contributed by atoms with Gasteiger partial charge in [-0.2, -0.15) is 0 Å². The molecule has 0 saturated heterocycles. The Hall–Kier alpha value is -3.22. The Morgan fingerprint density at radius 3 is 2.41 bits per heavy atom. The molecule has 1 aliphatic carbocycles. The second-order valence-corrected chi connectivity index (χ2v) is 7.01. The third-order valence-corrected chi connectivity index (χ3v) is 4.76. The molecule has 0 radical (unpaired) electrons. The van der Waals surface area contributed by atoms with Crippen LogP contribution in [0.4, 0.5) is 10.1 Å². The molecule has 0 atom stereocenters. The summed E-state index contributed by atoms with van der Waals surface area (Å²) >= 11 is 0. The zero-order chi connectivity index (χ0) is 20.6. The average molecular weight is 398 g/mol. The topological polar surface area (TPSA) is 84.5 Å². The van der Waals surface area contributed by atoms with Crippen molar-refractivity contribution < 1.29 is 23.5 Å². The molecule has 0 aromatic heterocycles. The van der Waals surface area contributed by atoms with Gasteiger partial charge in [0.15, 0.2) is 6.61 Å². The number of carbonyl (C=O) groups is 3. The Morgan fingerprint density at radius 2 is 1.69 bits per heavy atom. The van der Waals surface area contributed by atoms with Gasteiger partial charge in [0, 0.05) is 6.04 Å². The van der Waals surface area contributed by atoms with Gasteiger partial charge in [-0.05, 0) is 42.7 Å². The molecule has 6 nitrogen and oxygen atoms in total. The first-order valence-corrected chi connectivity index (χ1v) is 9.61. The van der Waals surface area contributed by atoms with Gasteiger partial charge < -0.3 is 15.4 Å². The predicted octanol–water partition coefficient (Wildman–Crippen LogP) is 3.22. The molecule has 0 bridgehead atoms. The number of esters is 1. The van der Waals surface area contributed by atoms with E-state index in [0.29, 0.717) is 16.8 Å². The van der Waals surface area contributed by atoms with E-state index in [0.717, 1.165) is 25.7 Å². The van der Waals surface area contributed by atoms with Crippen molar-refractivity contribution in [2.24, 2.45) is 0 Å². The maximum atomic E-state index is 12.9. The lowest BCUT2D eigenvalue weighted by atomic mass is 10.1. The maximum Gasteiger partial charge on any atom is 0.310 e. The first kappa shape index (κ1) is 20.5. The van der Waals surface area contributed by atoms with Crippen molar-refractivity contribution in [3.05, 3.63) is 65.5 Å². The van der Waals surface area contributed by atoms with Gasteiger partial charge in [0.1, 0.15) is 5.82 Å². The van der Waals surface area contributed by atoms with Crippen molar-refractivity contribution in [2.75, 3.05) is 11.9 Å². The standard InChI is InChI=1S/C22H23FN2O4/c23-16-11-9-15(10-12-16)13-21(27)29-14-20(26)25-19-8-4-3-7-18(19)22(28)24-17-5-1-2-6-17/h3-4,7-12,17H,1-2,5-6,13-14H2,(H,24,28)(H,25,26). The summed E-state index contributed by atoms with van der Waals surface area (Å²) in [6.45, 7) is -0.474. The molecule has 1 fully saturated rings. The second kappa shape index (κ2) is 9.82. The maximum absolute atomic E-state index is 12.9. The van der Waals surface area contributed by atoms with Gasteiger partial charge in [-0.3, -0.25) is 14.4 Å². The van der Waals surface area contributed by atoms with E-state index in [1.165, 1.54) is 24.3 Å².